The Balaban J connectivity index is 0.00000272. The van der Waals surface area contributed by atoms with E-state index < -0.39 is 0 Å². The van der Waals surface area contributed by atoms with Crippen LogP contribution in [0.25, 0.3) is 0 Å². The van der Waals surface area contributed by atoms with Gasteiger partial charge in [0.15, 0.2) is 5.96 Å². The number of benzene rings is 1. The summed E-state index contributed by atoms with van der Waals surface area (Å²) in [5.74, 6) is 1.90. The molecule has 0 bridgehead atoms. The number of guanidine groups is 1. The van der Waals surface area contributed by atoms with Gasteiger partial charge in [0.1, 0.15) is 5.75 Å². The maximum Gasteiger partial charge on any atom is 0.191 e. The van der Waals surface area contributed by atoms with Gasteiger partial charge in [-0.25, -0.2) is 4.99 Å². The number of nitrogens with one attached hydrogen (secondary N) is 2. The van der Waals surface area contributed by atoms with Crippen LogP contribution < -0.4 is 15.4 Å². The van der Waals surface area contributed by atoms with Crippen LogP contribution in [-0.2, 0) is 13.1 Å². The molecule has 1 saturated carbocycles. The standard InChI is InChI=1S/C24H34N4OS.HI/c1-2-25-24(26-16-20-6-3-4-9-23(20)29-22-7-5-8-22)27-21-10-13-28(14-11-21)17-19-12-15-30-18-19;/h3-4,6,9,12,15,18,21-22H,2,5,7-8,10-11,13-14,16-17H2,1H3,(H2,25,26,27);1H. The minimum atomic E-state index is 0. The third-order valence-electron chi connectivity index (χ3n) is 5.98. The quantitative estimate of drug-likeness (QED) is 0.274. The van der Waals surface area contributed by atoms with Crippen molar-refractivity contribution in [1.29, 1.82) is 0 Å². The lowest BCUT2D eigenvalue weighted by atomic mass is 9.96. The van der Waals surface area contributed by atoms with Crippen LogP contribution in [0.4, 0.5) is 0 Å². The third-order valence-corrected chi connectivity index (χ3v) is 6.72. The SMILES string of the molecule is CCNC(=NCc1ccccc1OC1CCC1)NC1CCN(Cc2ccsc2)CC1.I. The largest absolute Gasteiger partial charge is 0.490 e. The van der Waals surface area contributed by atoms with E-state index in [1.165, 1.54) is 24.8 Å². The predicted molar refractivity (Wildman–Crippen MR) is 141 cm³/mol. The van der Waals surface area contributed by atoms with Gasteiger partial charge in [0, 0.05) is 37.8 Å². The Morgan fingerprint density at radius 3 is 2.65 bits per heavy atom. The number of para-hydroxylation sites is 1. The molecule has 2 aromatic rings. The molecule has 1 aliphatic heterocycles. The van der Waals surface area contributed by atoms with E-state index in [4.69, 9.17) is 9.73 Å². The van der Waals surface area contributed by atoms with Gasteiger partial charge in [0.25, 0.3) is 0 Å². The minimum Gasteiger partial charge on any atom is -0.490 e. The van der Waals surface area contributed by atoms with Crippen LogP contribution in [0.1, 0.15) is 50.2 Å². The monoisotopic (exact) mass is 554 g/mol. The van der Waals surface area contributed by atoms with Crippen molar-refractivity contribution in [3.05, 3.63) is 52.2 Å². The Labute approximate surface area is 207 Å². The van der Waals surface area contributed by atoms with E-state index >= 15 is 0 Å². The summed E-state index contributed by atoms with van der Waals surface area (Å²) in [6.07, 6.45) is 6.32. The Bertz CT molecular complexity index is 802. The molecule has 1 aromatic carbocycles. The predicted octanol–water partition coefficient (Wildman–Crippen LogP) is 5.02. The van der Waals surface area contributed by atoms with Crippen molar-refractivity contribution in [3.63, 3.8) is 0 Å². The molecule has 2 N–H and O–H groups in total. The highest BCUT2D eigenvalue weighted by Crippen LogP contribution is 2.28. The van der Waals surface area contributed by atoms with Gasteiger partial charge in [-0.1, -0.05) is 18.2 Å². The van der Waals surface area contributed by atoms with Crippen molar-refractivity contribution in [2.45, 2.75) is 64.3 Å². The minimum absolute atomic E-state index is 0. The van der Waals surface area contributed by atoms with E-state index in [9.17, 15) is 0 Å². The summed E-state index contributed by atoms with van der Waals surface area (Å²) in [6, 6.07) is 11.0. The highest BCUT2D eigenvalue weighted by Gasteiger charge is 2.21. The van der Waals surface area contributed by atoms with Crippen molar-refractivity contribution >= 4 is 41.3 Å². The summed E-state index contributed by atoms with van der Waals surface area (Å²) in [4.78, 5) is 7.43. The average Bonchev–Trinajstić information content (AvgIpc) is 3.24. The van der Waals surface area contributed by atoms with E-state index in [0.717, 1.165) is 56.3 Å². The first-order valence-electron chi connectivity index (χ1n) is 11.3. The third kappa shape index (κ3) is 7.36. The van der Waals surface area contributed by atoms with E-state index in [1.807, 2.05) is 0 Å². The molecule has 7 heteroatoms. The van der Waals surface area contributed by atoms with E-state index in [-0.39, 0.29) is 24.0 Å². The van der Waals surface area contributed by atoms with Gasteiger partial charge in [-0.3, -0.25) is 4.90 Å². The number of thiophene rings is 1. The van der Waals surface area contributed by atoms with Crippen molar-refractivity contribution in [3.8, 4) is 5.75 Å². The lowest BCUT2D eigenvalue weighted by Gasteiger charge is -2.33. The maximum atomic E-state index is 6.16. The second-order valence-electron chi connectivity index (χ2n) is 8.30. The second kappa shape index (κ2) is 12.6. The van der Waals surface area contributed by atoms with Gasteiger partial charge in [-0.15, -0.1) is 24.0 Å². The van der Waals surface area contributed by atoms with Crippen LogP contribution in [0.15, 0.2) is 46.1 Å². The van der Waals surface area contributed by atoms with Crippen LogP contribution in [0.2, 0.25) is 0 Å². The highest BCUT2D eigenvalue weighted by molar-refractivity contribution is 14.0. The fraction of sp³-hybridized carbons (Fsp3) is 0.542. The molecule has 4 rings (SSSR count). The zero-order valence-electron chi connectivity index (χ0n) is 18.4. The number of nitrogens with zero attached hydrogens (tertiary/aromatic N) is 2. The van der Waals surface area contributed by atoms with Crippen LogP contribution in [0.3, 0.4) is 0 Å². The molecular formula is C24H35IN4OS. The number of rotatable bonds is 8. The molecule has 0 spiro atoms. The number of halogens is 1. The number of piperidine rings is 1. The molecule has 170 valence electrons. The van der Waals surface area contributed by atoms with E-state index in [2.05, 4.69) is 63.5 Å². The Hall–Kier alpha value is -1.32. The zero-order chi connectivity index (χ0) is 20.6. The fourth-order valence-corrected chi connectivity index (χ4v) is 4.63. The molecule has 1 saturated heterocycles. The van der Waals surface area contributed by atoms with Crippen molar-refractivity contribution in [2.75, 3.05) is 19.6 Å². The van der Waals surface area contributed by atoms with Gasteiger partial charge in [0.2, 0.25) is 0 Å². The first kappa shape index (κ1) is 24.3. The molecule has 0 atom stereocenters. The molecule has 2 fully saturated rings. The number of aliphatic imine (C=N–C) groups is 1. The smallest absolute Gasteiger partial charge is 0.191 e. The summed E-state index contributed by atoms with van der Waals surface area (Å²) >= 11 is 1.78. The normalized spacial score (nSPS) is 18.2. The average molecular weight is 555 g/mol. The van der Waals surface area contributed by atoms with E-state index in [0.29, 0.717) is 18.7 Å². The van der Waals surface area contributed by atoms with Gasteiger partial charge in [-0.2, -0.15) is 11.3 Å². The summed E-state index contributed by atoms with van der Waals surface area (Å²) in [7, 11) is 0. The van der Waals surface area contributed by atoms with Gasteiger partial charge in [-0.05, 0) is 67.5 Å². The lowest BCUT2D eigenvalue weighted by molar-refractivity contribution is 0.119. The summed E-state index contributed by atoms with van der Waals surface area (Å²) in [6.45, 7) is 6.95. The number of hydrogen-bond acceptors (Lipinski definition) is 4. The molecule has 31 heavy (non-hydrogen) atoms. The van der Waals surface area contributed by atoms with Crippen LogP contribution in [0, 0.1) is 0 Å². The Morgan fingerprint density at radius 2 is 1.97 bits per heavy atom. The number of likely N-dealkylation sites (tertiary alicyclic amines) is 1. The molecule has 0 radical (unpaired) electrons. The molecule has 2 heterocycles. The van der Waals surface area contributed by atoms with E-state index in [1.54, 1.807) is 11.3 Å². The fourth-order valence-electron chi connectivity index (χ4n) is 3.97. The molecule has 5 nitrogen and oxygen atoms in total. The number of hydrogen-bond donors (Lipinski definition) is 2. The highest BCUT2D eigenvalue weighted by atomic mass is 127. The zero-order valence-corrected chi connectivity index (χ0v) is 21.5. The lowest BCUT2D eigenvalue weighted by Crippen LogP contribution is -2.48. The first-order valence-corrected chi connectivity index (χ1v) is 12.3. The molecule has 1 aliphatic carbocycles. The van der Waals surface area contributed by atoms with Gasteiger partial charge >= 0.3 is 0 Å². The van der Waals surface area contributed by atoms with Gasteiger partial charge in [0.05, 0.1) is 12.6 Å². The van der Waals surface area contributed by atoms with Crippen LogP contribution in [0.5, 0.6) is 5.75 Å². The first-order chi connectivity index (χ1) is 14.8. The topological polar surface area (TPSA) is 48.9 Å². The van der Waals surface area contributed by atoms with Crippen molar-refractivity contribution in [1.82, 2.24) is 15.5 Å². The van der Waals surface area contributed by atoms with Crippen molar-refractivity contribution in [2.24, 2.45) is 4.99 Å². The summed E-state index contributed by atoms with van der Waals surface area (Å²) < 4.78 is 6.16. The molecule has 2 aliphatic rings. The van der Waals surface area contributed by atoms with Crippen LogP contribution >= 0.6 is 35.3 Å². The summed E-state index contributed by atoms with van der Waals surface area (Å²) in [5.41, 5.74) is 2.59. The maximum absolute atomic E-state index is 6.16. The molecule has 0 amide bonds. The van der Waals surface area contributed by atoms with Crippen LogP contribution in [-0.4, -0.2) is 42.6 Å². The number of ether oxygens (including phenoxy) is 1. The molecule has 0 unspecified atom stereocenters. The molecular weight excluding hydrogens is 519 g/mol. The van der Waals surface area contributed by atoms with Crippen molar-refractivity contribution < 1.29 is 4.74 Å². The second-order valence-corrected chi connectivity index (χ2v) is 9.08. The summed E-state index contributed by atoms with van der Waals surface area (Å²) in [5, 5.41) is 11.5. The van der Waals surface area contributed by atoms with Gasteiger partial charge < -0.3 is 15.4 Å². The molecule has 1 aromatic heterocycles. The Morgan fingerprint density at radius 1 is 1.16 bits per heavy atom. The Kier molecular flexibility index (Phi) is 9.93.